The summed E-state index contributed by atoms with van der Waals surface area (Å²) in [6.07, 6.45) is -3.71. The van der Waals surface area contributed by atoms with E-state index >= 15 is 0 Å². The van der Waals surface area contributed by atoms with Gasteiger partial charge >= 0.3 is 6.18 Å². The number of rotatable bonds is 8. The van der Waals surface area contributed by atoms with Gasteiger partial charge in [0.05, 0.1) is 23.0 Å². The first kappa shape index (κ1) is 21.2. The van der Waals surface area contributed by atoms with Crippen LogP contribution in [0.5, 0.6) is 0 Å². The van der Waals surface area contributed by atoms with Gasteiger partial charge in [-0.05, 0) is 38.0 Å². The molecule has 0 aliphatic heterocycles. The lowest BCUT2D eigenvalue weighted by Crippen LogP contribution is -2.25. The first-order valence-electron chi connectivity index (χ1n) is 8.38. The fraction of sp³-hybridized carbons (Fsp3) is 0.444. The molecule has 0 saturated carbocycles. The lowest BCUT2D eigenvalue weighted by molar-refractivity contribution is -0.176. The van der Waals surface area contributed by atoms with E-state index in [9.17, 15) is 18.0 Å². The SMILES string of the molecule is Cc1nn(CCCNC(=O)c2cccc(COCC(F)(F)F)c2)c(C)c1Cl. The van der Waals surface area contributed by atoms with Gasteiger partial charge in [0.1, 0.15) is 6.61 Å². The summed E-state index contributed by atoms with van der Waals surface area (Å²) in [5.41, 5.74) is 2.52. The van der Waals surface area contributed by atoms with Crippen LogP contribution in [-0.2, 0) is 17.9 Å². The average molecular weight is 404 g/mol. The van der Waals surface area contributed by atoms with Crippen LogP contribution in [0.4, 0.5) is 13.2 Å². The number of carbonyl (C=O) groups is 1. The van der Waals surface area contributed by atoms with E-state index in [0.29, 0.717) is 35.7 Å². The largest absolute Gasteiger partial charge is 0.411 e. The van der Waals surface area contributed by atoms with Crippen LogP contribution in [0.1, 0.15) is 33.7 Å². The second-order valence-corrected chi connectivity index (χ2v) is 6.50. The Balaban J connectivity index is 1.80. The molecule has 0 unspecified atom stereocenters. The molecule has 0 aliphatic carbocycles. The van der Waals surface area contributed by atoms with Crippen molar-refractivity contribution in [3.05, 3.63) is 51.8 Å². The van der Waals surface area contributed by atoms with Crippen LogP contribution in [0, 0.1) is 13.8 Å². The predicted octanol–water partition coefficient (Wildman–Crippen LogP) is 4.05. The van der Waals surface area contributed by atoms with Crippen LogP contribution in [0.2, 0.25) is 5.02 Å². The molecule has 0 aliphatic rings. The third-order valence-corrected chi connectivity index (χ3v) is 4.40. The fourth-order valence-corrected chi connectivity index (χ4v) is 2.65. The molecular weight excluding hydrogens is 383 g/mol. The minimum Gasteiger partial charge on any atom is -0.367 e. The van der Waals surface area contributed by atoms with Crippen molar-refractivity contribution in [1.29, 1.82) is 0 Å². The van der Waals surface area contributed by atoms with Crippen molar-refractivity contribution in [1.82, 2.24) is 15.1 Å². The molecule has 0 atom stereocenters. The van der Waals surface area contributed by atoms with E-state index in [2.05, 4.69) is 15.2 Å². The number of benzene rings is 1. The van der Waals surface area contributed by atoms with Gasteiger partial charge in [0, 0.05) is 18.7 Å². The molecule has 0 spiro atoms. The zero-order valence-corrected chi connectivity index (χ0v) is 15.8. The Kier molecular flexibility index (Phi) is 7.26. The molecular formula is C18H21ClF3N3O2. The summed E-state index contributed by atoms with van der Waals surface area (Å²) in [4.78, 5) is 12.2. The van der Waals surface area contributed by atoms with E-state index in [0.717, 1.165) is 11.4 Å². The lowest BCUT2D eigenvalue weighted by atomic mass is 10.1. The first-order valence-corrected chi connectivity index (χ1v) is 8.76. The standard InChI is InChI=1S/C18H21ClF3N3O2/c1-12-16(19)13(2)25(24-12)8-4-7-23-17(26)15-6-3-5-14(9-15)10-27-11-18(20,21)22/h3,5-6,9H,4,7-8,10-11H2,1-2H3,(H,23,26). The number of aryl methyl sites for hydroxylation is 2. The topological polar surface area (TPSA) is 56.2 Å². The summed E-state index contributed by atoms with van der Waals surface area (Å²) in [5, 5.41) is 7.75. The van der Waals surface area contributed by atoms with Gasteiger partial charge in [-0.1, -0.05) is 23.7 Å². The maximum atomic E-state index is 12.2. The van der Waals surface area contributed by atoms with Gasteiger partial charge in [0.25, 0.3) is 5.91 Å². The molecule has 27 heavy (non-hydrogen) atoms. The van der Waals surface area contributed by atoms with Gasteiger partial charge in [-0.15, -0.1) is 0 Å². The van der Waals surface area contributed by atoms with Crippen LogP contribution >= 0.6 is 11.6 Å². The van der Waals surface area contributed by atoms with Crippen molar-refractivity contribution in [2.75, 3.05) is 13.2 Å². The summed E-state index contributed by atoms with van der Waals surface area (Å²) in [6.45, 7) is 3.24. The summed E-state index contributed by atoms with van der Waals surface area (Å²) >= 11 is 6.09. The number of hydrogen-bond donors (Lipinski definition) is 1. The number of halogens is 4. The van der Waals surface area contributed by atoms with Crippen molar-refractivity contribution in [2.24, 2.45) is 0 Å². The second kappa shape index (κ2) is 9.23. The molecule has 2 aromatic rings. The first-order chi connectivity index (χ1) is 12.7. The third-order valence-electron chi connectivity index (χ3n) is 3.85. The van der Waals surface area contributed by atoms with E-state index < -0.39 is 12.8 Å². The third kappa shape index (κ3) is 6.55. The van der Waals surface area contributed by atoms with Crippen LogP contribution < -0.4 is 5.32 Å². The summed E-state index contributed by atoms with van der Waals surface area (Å²) in [6, 6.07) is 6.34. The number of amides is 1. The Bertz CT molecular complexity index is 791. The van der Waals surface area contributed by atoms with Gasteiger partial charge in [0.15, 0.2) is 0 Å². The smallest absolute Gasteiger partial charge is 0.367 e. The number of nitrogens with one attached hydrogen (secondary N) is 1. The van der Waals surface area contributed by atoms with Crippen LogP contribution in [0.3, 0.4) is 0 Å². The molecule has 1 aromatic carbocycles. The van der Waals surface area contributed by atoms with Gasteiger partial charge < -0.3 is 10.1 Å². The van der Waals surface area contributed by atoms with Crippen LogP contribution in [0.25, 0.3) is 0 Å². The summed E-state index contributed by atoms with van der Waals surface area (Å²) < 4.78 is 42.7. The Morgan fingerprint density at radius 3 is 2.70 bits per heavy atom. The van der Waals surface area contributed by atoms with Crippen molar-refractivity contribution in [3.63, 3.8) is 0 Å². The highest BCUT2D eigenvalue weighted by Crippen LogP contribution is 2.19. The highest BCUT2D eigenvalue weighted by molar-refractivity contribution is 6.31. The van der Waals surface area contributed by atoms with E-state index in [4.69, 9.17) is 11.6 Å². The highest BCUT2D eigenvalue weighted by atomic mass is 35.5. The van der Waals surface area contributed by atoms with Crippen LogP contribution in [-0.4, -0.2) is 35.0 Å². The Hall–Kier alpha value is -2.06. The molecule has 2 rings (SSSR count). The van der Waals surface area contributed by atoms with E-state index in [1.54, 1.807) is 22.9 Å². The Morgan fingerprint density at radius 1 is 1.33 bits per heavy atom. The molecule has 5 nitrogen and oxygen atoms in total. The Labute approximate surface area is 160 Å². The van der Waals surface area contributed by atoms with Crippen molar-refractivity contribution in [2.45, 2.75) is 39.6 Å². The number of nitrogens with zero attached hydrogens (tertiary/aromatic N) is 2. The maximum Gasteiger partial charge on any atom is 0.411 e. The van der Waals surface area contributed by atoms with Crippen molar-refractivity contribution < 1.29 is 22.7 Å². The molecule has 148 valence electrons. The monoisotopic (exact) mass is 403 g/mol. The molecule has 1 amide bonds. The fourth-order valence-electron chi connectivity index (χ4n) is 2.51. The van der Waals surface area contributed by atoms with Gasteiger partial charge in [-0.25, -0.2) is 0 Å². The second-order valence-electron chi connectivity index (χ2n) is 6.13. The zero-order valence-electron chi connectivity index (χ0n) is 15.1. The summed E-state index contributed by atoms with van der Waals surface area (Å²) in [7, 11) is 0. The van der Waals surface area contributed by atoms with Gasteiger partial charge in [-0.2, -0.15) is 18.3 Å². The molecule has 1 N–H and O–H groups in total. The van der Waals surface area contributed by atoms with E-state index in [1.165, 1.54) is 6.07 Å². The lowest BCUT2D eigenvalue weighted by Gasteiger charge is -2.09. The quantitative estimate of drug-likeness (QED) is 0.676. The van der Waals surface area contributed by atoms with E-state index in [-0.39, 0.29) is 12.5 Å². The molecule has 0 fully saturated rings. The normalized spacial score (nSPS) is 11.6. The zero-order chi connectivity index (χ0) is 20.0. The number of carbonyl (C=O) groups excluding carboxylic acids is 1. The number of aromatic nitrogens is 2. The van der Waals surface area contributed by atoms with Crippen molar-refractivity contribution >= 4 is 17.5 Å². The molecule has 1 heterocycles. The molecule has 0 bridgehead atoms. The number of hydrogen-bond acceptors (Lipinski definition) is 3. The minimum absolute atomic E-state index is 0.209. The molecule has 0 saturated heterocycles. The van der Waals surface area contributed by atoms with E-state index in [1.807, 2.05) is 13.8 Å². The average Bonchev–Trinajstić information content (AvgIpc) is 2.84. The minimum atomic E-state index is -4.37. The van der Waals surface area contributed by atoms with Crippen molar-refractivity contribution in [3.8, 4) is 0 Å². The molecule has 0 radical (unpaired) electrons. The highest BCUT2D eigenvalue weighted by Gasteiger charge is 2.27. The van der Waals surface area contributed by atoms with Gasteiger partial charge in [0.2, 0.25) is 0 Å². The predicted molar refractivity (Wildman–Crippen MR) is 95.8 cm³/mol. The molecule has 1 aromatic heterocycles. The van der Waals surface area contributed by atoms with Gasteiger partial charge in [-0.3, -0.25) is 9.48 Å². The number of alkyl halides is 3. The Morgan fingerprint density at radius 2 is 2.07 bits per heavy atom. The molecule has 9 heteroatoms. The number of ether oxygens (including phenoxy) is 1. The van der Waals surface area contributed by atoms with Crippen LogP contribution in [0.15, 0.2) is 24.3 Å². The summed E-state index contributed by atoms with van der Waals surface area (Å²) in [5.74, 6) is -0.293. The maximum absolute atomic E-state index is 12.2.